The van der Waals surface area contributed by atoms with Gasteiger partial charge in [0, 0.05) is 4.87 Å². The molecule has 0 unspecified atom stereocenters. The Morgan fingerprint density at radius 3 is 1.64 bits per heavy atom. The van der Waals surface area contributed by atoms with Crippen LogP contribution < -0.4 is 0 Å². The van der Waals surface area contributed by atoms with E-state index in [1.807, 2.05) is 0 Å². The molecular weight excluding hydrogens is 156 g/mol. The van der Waals surface area contributed by atoms with Gasteiger partial charge in [0.2, 0.25) is 0 Å². The van der Waals surface area contributed by atoms with E-state index in [0.717, 1.165) is 6.42 Å². The number of halogens is 1. The van der Waals surface area contributed by atoms with Gasteiger partial charge >= 0.3 is 0 Å². The van der Waals surface area contributed by atoms with Gasteiger partial charge in [-0.15, -0.1) is 11.6 Å². The molecule has 0 fully saturated rings. The summed E-state index contributed by atoms with van der Waals surface area (Å²) in [6.45, 7) is 11.0. The lowest BCUT2D eigenvalue weighted by Crippen LogP contribution is -2.12. The molecule has 0 spiro atoms. The van der Waals surface area contributed by atoms with E-state index in [2.05, 4.69) is 34.6 Å². The molecule has 0 bridgehead atoms. The number of alkyl halides is 1. The Kier molecular flexibility index (Phi) is 3.90. The van der Waals surface area contributed by atoms with Crippen molar-refractivity contribution >= 4 is 11.6 Å². The van der Waals surface area contributed by atoms with Crippen molar-refractivity contribution in [2.45, 2.75) is 58.8 Å². The topological polar surface area (TPSA) is 0 Å². The fourth-order valence-corrected chi connectivity index (χ4v) is 1.17. The van der Waals surface area contributed by atoms with Gasteiger partial charge in [-0.2, -0.15) is 0 Å². The second-order valence-electron chi connectivity index (χ2n) is 5.13. The van der Waals surface area contributed by atoms with Crippen LogP contribution in [0.1, 0.15) is 53.9 Å². The highest BCUT2D eigenvalue weighted by atomic mass is 35.5. The van der Waals surface area contributed by atoms with Crippen molar-refractivity contribution in [3.8, 4) is 0 Å². The predicted molar refractivity (Wildman–Crippen MR) is 53.2 cm³/mol. The largest absolute Gasteiger partial charge is 0.120 e. The maximum absolute atomic E-state index is 6.06. The fourth-order valence-electron chi connectivity index (χ4n) is 1.04. The van der Waals surface area contributed by atoms with Crippen LogP contribution in [0.5, 0.6) is 0 Å². The molecule has 0 aromatic heterocycles. The van der Waals surface area contributed by atoms with E-state index in [1.54, 1.807) is 0 Å². The Hall–Kier alpha value is 0.290. The van der Waals surface area contributed by atoms with Crippen LogP contribution in [0.2, 0.25) is 0 Å². The van der Waals surface area contributed by atoms with Crippen LogP contribution in [0.3, 0.4) is 0 Å². The second kappa shape index (κ2) is 3.80. The molecule has 0 rings (SSSR count). The van der Waals surface area contributed by atoms with Gasteiger partial charge in [0.15, 0.2) is 0 Å². The third kappa shape index (κ3) is 10.3. The second-order valence-corrected chi connectivity index (χ2v) is 6.16. The summed E-state index contributed by atoms with van der Waals surface area (Å²) in [4.78, 5) is -0.00868. The Bertz CT molecular complexity index is 89.0. The maximum atomic E-state index is 6.06. The molecule has 68 valence electrons. The van der Waals surface area contributed by atoms with Crippen LogP contribution >= 0.6 is 11.6 Å². The number of hydrogen-bond donors (Lipinski definition) is 0. The van der Waals surface area contributed by atoms with Crippen molar-refractivity contribution in [2.24, 2.45) is 5.41 Å². The lowest BCUT2D eigenvalue weighted by Gasteiger charge is -2.21. The lowest BCUT2D eigenvalue weighted by molar-refractivity contribution is 0.351. The van der Waals surface area contributed by atoms with E-state index in [-0.39, 0.29) is 4.87 Å². The molecule has 11 heavy (non-hydrogen) atoms. The molecule has 0 aliphatic heterocycles. The van der Waals surface area contributed by atoms with Crippen molar-refractivity contribution < 1.29 is 0 Å². The van der Waals surface area contributed by atoms with Gasteiger partial charge in [0.05, 0.1) is 0 Å². The zero-order valence-corrected chi connectivity index (χ0v) is 9.26. The Labute approximate surface area is 76.3 Å². The van der Waals surface area contributed by atoms with Crippen LogP contribution in [0.25, 0.3) is 0 Å². The highest BCUT2D eigenvalue weighted by molar-refractivity contribution is 6.23. The lowest BCUT2D eigenvalue weighted by atomic mass is 9.88. The van der Waals surface area contributed by atoms with Gasteiger partial charge in [0.25, 0.3) is 0 Å². The van der Waals surface area contributed by atoms with Crippen molar-refractivity contribution in [2.75, 3.05) is 0 Å². The van der Waals surface area contributed by atoms with Gasteiger partial charge in [-0.05, 0) is 32.1 Å². The van der Waals surface area contributed by atoms with Crippen LogP contribution in [-0.2, 0) is 0 Å². The molecule has 0 aromatic carbocycles. The van der Waals surface area contributed by atoms with Crippen LogP contribution in [0.15, 0.2) is 0 Å². The molecule has 0 atom stereocenters. The minimum atomic E-state index is -0.00868. The standard InChI is InChI=1S/C10H21Cl/c1-9(2,3)7-6-8-10(4,5)11/h6-8H2,1-5H3. The van der Waals surface area contributed by atoms with Gasteiger partial charge < -0.3 is 0 Å². The average Bonchev–Trinajstić information content (AvgIpc) is 1.55. The Morgan fingerprint density at radius 1 is 0.909 bits per heavy atom. The molecule has 0 N–H and O–H groups in total. The first-order valence-corrected chi connectivity index (χ1v) is 4.77. The highest BCUT2D eigenvalue weighted by Crippen LogP contribution is 2.26. The van der Waals surface area contributed by atoms with E-state index in [1.165, 1.54) is 12.8 Å². The van der Waals surface area contributed by atoms with Gasteiger partial charge in [-0.3, -0.25) is 0 Å². The van der Waals surface area contributed by atoms with Crippen molar-refractivity contribution in [1.82, 2.24) is 0 Å². The minimum absolute atomic E-state index is 0.00868. The van der Waals surface area contributed by atoms with Crippen molar-refractivity contribution in [1.29, 1.82) is 0 Å². The van der Waals surface area contributed by atoms with Crippen LogP contribution in [0.4, 0.5) is 0 Å². The quantitative estimate of drug-likeness (QED) is 0.565. The molecule has 0 nitrogen and oxygen atoms in total. The fraction of sp³-hybridized carbons (Fsp3) is 1.00. The summed E-state index contributed by atoms with van der Waals surface area (Å²) < 4.78 is 0. The van der Waals surface area contributed by atoms with Crippen LogP contribution in [0, 0.1) is 5.41 Å². The molecule has 0 heterocycles. The van der Waals surface area contributed by atoms with Crippen molar-refractivity contribution in [3.63, 3.8) is 0 Å². The molecule has 1 heteroatoms. The summed E-state index contributed by atoms with van der Waals surface area (Å²) in [5.41, 5.74) is 0.460. The van der Waals surface area contributed by atoms with Gasteiger partial charge in [-0.25, -0.2) is 0 Å². The van der Waals surface area contributed by atoms with E-state index < -0.39 is 0 Å². The molecule has 0 aliphatic rings. The Balaban J connectivity index is 3.44. The summed E-state index contributed by atoms with van der Waals surface area (Å²) in [5, 5.41) is 0. The molecular formula is C10H21Cl. The molecule has 0 amide bonds. The summed E-state index contributed by atoms with van der Waals surface area (Å²) in [6, 6.07) is 0. The molecule has 0 saturated carbocycles. The first kappa shape index (κ1) is 11.3. The summed E-state index contributed by atoms with van der Waals surface area (Å²) >= 11 is 6.06. The smallest absolute Gasteiger partial charge is 0.0390 e. The van der Waals surface area contributed by atoms with E-state index in [4.69, 9.17) is 11.6 Å². The maximum Gasteiger partial charge on any atom is 0.0390 e. The summed E-state index contributed by atoms with van der Waals surface area (Å²) in [5.74, 6) is 0. The van der Waals surface area contributed by atoms with Crippen LogP contribution in [-0.4, -0.2) is 4.87 Å². The third-order valence-electron chi connectivity index (χ3n) is 1.70. The third-order valence-corrected chi connectivity index (χ3v) is 1.89. The number of rotatable bonds is 3. The molecule has 0 radical (unpaired) electrons. The first-order chi connectivity index (χ1) is 4.71. The molecule has 0 aliphatic carbocycles. The zero-order valence-electron chi connectivity index (χ0n) is 8.50. The monoisotopic (exact) mass is 176 g/mol. The zero-order chi connectivity index (χ0) is 9.12. The summed E-state index contributed by atoms with van der Waals surface area (Å²) in [6.07, 6.45) is 3.62. The molecule has 0 saturated heterocycles. The normalized spacial score (nSPS) is 13.6. The Morgan fingerprint density at radius 2 is 1.36 bits per heavy atom. The molecule has 0 aromatic rings. The van der Waals surface area contributed by atoms with E-state index >= 15 is 0 Å². The predicted octanol–water partition coefficient (Wildman–Crippen LogP) is 4.22. The average molecular weight is 177 g/mol. The summed E-state index contributed by atoms with van der Waals surface area (Å²) in [7, 11) is 0. The first-order valence-electron chi connectivity index (χ1n) is 4.40. The van der Waals surface area contributed by atoms with Gasteiger partial charge in [0.1, 0.15) is 0 Å². The SMILES string of the molecule is CC(C)(C)CCCC(C)(C)Cl. The minimum Gasteiger partial charge on any atom is -0.120 e. The van der Waals surface area contributed by atoms with Crippen molar-refractivity contribution in [3.05, 3.63) is 0 Å². The van der Waals surface area contributed by atoms with Gasteiger partial charge in [-0.1, -0.05) is 27.2 Å². The van der Waals surface area contributed by atoms with E-state index in [9.17, 15) is 0 Å². The number of hydrogen-bond acceptors (Lipinski definition) is 0. The highest BCUT2D eigenvalue weighted by Gasteiger charge is 2.15. The van der Waals surface area contributed by atoms with E-state index in [0.29, 0.717) is 5.41 Å².